The van der Waals surface area contributed by atoms with Crippen LogP contribution in [0.15, 0.2) is 23.4 Å². The van der Waals surface area contributed by atoms with Crippen LogP contribution in [0.4, 0.5) is 0 Å². The number of thiophene rings is 1. The largest absolute Gasteiger partial charge is 0.466 e. The Labute approximate surface area is 147 Å². The van der Waals surface area contributed by atoms with Crippen LogP contribution in [0.25, 0.3) is 10.6 Å². The van der Waals surface area contributed by atoms with Crippen molar-refractivity contribution in [2.24, 2.45) is 0 Å². The molecule has 1 saturated carbocycles. The van der Waals surface area contributed by atoms with E-state index in [0.29, 0.717) is 27.7 Å². The Hall–Kier alpha value is -1.71. The Morgan fingerprint density at radius 3 is 2.54 bits per heavy atom. The number of hydrogen-bond donors (Lipinski definition) is 0. The lowest BCUT2D eigenvalue weighted by Gasteiger charge is -2.15. The van der Waals surface area contributed by atoms with E-state index in [0.717, 1.165) is 6.26 Å². The second-order valence-electron chi connectivity index (χ2n) is 5.34. The van der Waals surface area contributed by atoms with Gasteiger partial charge in [-0.1, -0.05) is 11.6 Å². The first-order valence-corrected chi connectivity index (χ1v) is 9.94. The zero-order valence-corrected chi connectivity index (χ0v) is 15.2. The molecule has 0 radical (unpaired) electrons. The third-order valence-corrected chi connectivity index (χ3v) is 5.50. The molecule has 0 atom stereocenters. The molecule has 0 N–H and O–H groups in total. The predicted octanol–water partition coefficient (Wildman–Crippen LogP) is 2.35. The van der Waals surface area contributed by atoms with Crippen molar-refractivity contribution in [2.45, 2.75) is 23.6 Å². The van der Waals surface area contributed by atoms with E-state index in [1.54, 1.807) is 12.1 Å². The summed E-state index contributed by atoms with van der Waals surface area (Å²) < 4.78 is 34.6. The molecular formula is C14H13ClN2O5S2. The van der Waals surface area contributed by atoms with Gasteiger partial charge in [0.25, 0.3) is 5.16 Å². The predicted molar refractivity (Wildman–Crippen MR) is 88.1 cm³/mol. The summed E-state index contributed by atoms with van der Waals surface area (Å²) in [6.07, 6.45) is 1.97. The summed E-state index contributed by atoms with van der Waals surface area (Å²) in [4.78, 5) is 20.5. The zero-order valence-electron chi connectivity index (χ0n) is 12.8. The second-order valence-corrected chi connectivity index (χ2v) is 8.96. The molecule has 24 heavy (non-hydrogen) atoms. The smallest absolute Gasteiger partial charge is 0.350 e. The third-order valence-electron chi connectivity index (χ3n) is 3.40. The van der Waals surface area contributed by atoms with E-state index in [2.05, 4.69) is 9.97 Å². The van der Waals surface area contributed by atoms with E-state index in [1.165, 1.54) is 24.5 Å². The van der Waals surface area contributed by atoms with Gasteiger partial charge in [0, 0.05) is 25.2 Å². The lowest BCUT2D eigenvalue weighted by atomic mass is 10.3. The SMILES string of the molecule is COC(=O)C1(Oc2cc(-c3ccc(Cl)s3)nc(S(C)(=O)=O)n2)CC1. The molecule has 0 bridgehead atoms. The van der Waals surface area contributed by atoms with Gasteiger partial charge < -0.3 is 9.47 Å². The molecule has 1 aliphatic rings. The lowest BCUT2D eigenvalue weighted by Crippen LogP contribution is -2.31. The molecule has 1 fully saturated rings. The topological polar surface area (TPSA) is 95.5 Å². The number of rotatable bonds is 5. The maximum atomic E-state index is 11.9. The average Bonchev–Trinajstić information content (AvgIpc) is 3.17. The number of methoxy groups -OCH3 is 1. The molecule has 0 aromatic carbocycles. The summed E-state index contributed by atoms with van der Waals surface area (Å²) in [5.41, 5.74) is -0.736. The highest BCUT2D eigenvalue weighted by molar-refractivity contribution is 7.90. The van der Waals surface area contributed by atoms with Crippen LogP contribution in [0.5, 0.6) is 5.88 Å². The maximum absolute atomic E-state index is 11.9. The fourth-order valence-electron chi connectivity index (χ4n) is 2.05. The Morgan fingerprint density at radius 2 is 2.04 bits per heavy atom. The molecule has 2 heterocycles. The summed E-state index contributed by atoms with van der Waals surface area (Å²) in [6, 6.07) is 4.89. The van der Waals surface area contributed by atoms with Crippen molar-refractivity contribution < 1.29 is 22.7 Å². The molecule has 0 aliphatic heterocycles. The van der Waals surface area contributed by atoms with E-state index in [4.69, 9.17) is 21.1 Å². The number of sulfone groups is 1. The number of ether oxygens (including phenoxy) is 2. The van der Waals surface area contributed by atoms with Crippen LogP contribution in [0, 0.1) is 0 Å². The molecular weight excluding hydrogens is 376 g/mol. The zero-order chi connectivity index (χ0) is 17.5. The van der Waals surface area contributed by atoms with Gasteiger partial charge in [0.05, 0.1) is 22.0 Å². The van der Waals surface area contributed by atoms with Crippen LogP contribution in [0.1, 0.15) is 12.8 Å². The van der Waals surface area contributed by atoms with Gasteiger partial charge in [0.15, 0.2) is 0 Å². The minimum atomic E-state index is -3.66. The molecule has 0 amide bonds. The molecule has 1 aliphatic carbocycles. The van der Waals surface area contributed by atoms with Crippen LogP contribution in [-0.2, 0) is 19.4 Å². The maximum Gasteiger partial charge on any atom is 0.350 e. The number of hydrogen-bond acceptors (Lipinski definition) is 8. The molecule has 0 saturated heterocycles. The fraction of sp³-hybridized carbons (Fsp3) is 0.357. The van der Waals surface area contributed by atoms with Gasteiger partial charge in [-0.2, -0.15) is 4.98 Å². The van der Waals surface area contributed by atoms with Crippen LogP contribution < -0.4 is 4.74 Å². The molecule has 3 rings (SSSR count). The van der Waals surface area contributed by atoms with Gasteiger partial charge in [0.1, 0.15) is 0 Å². The molecule has 2 aromatic rings. The number of nitrogens with zero attached hydrogens (tertiary/aromatic N) is 2. The molecule has 7 nitrogen and oxygen atoms in total. The van der Waals surface area contributed by atoms with Gasteiger partial charge in [-0.05, 0) is 12.1 Å². The van der Waals surface area contributed by atoms with E-state index in [9.17, 15) is 13.2 Å². The Morgan fingerprint density at radius 1 is 1.33 bits per heavy atom. The minimum absolute atomic E-state index is 0.00727. The summed E-state index contributed by atoms with van der Waals surface area (Å²) in [6.45, 7) is 0. The third kappa shape index (κ3) is 3.38. The molecule has 10 heteroatoms. The minimum Gasteiger partial charge on any atom is -0.466 e. The van der Waals surface area contributed by atoms with Crippen molar-refractivity contribution in [3.8, 4) is 16.5 Å². The van der Waals surface area contributed by atoms with Crippen molar-refractivity contribution in [3.05, 3.63) is 22.5 Å². The number of halogens is 1. The highest BCUT2D eigenvalue weighted by Crippen LogP contribution is 2.41. The highest BCUT2D eigenvalue weighted by atomic mass is 35.5. The monoisotopic (exact) mass is 388 g/mol. The second kappa shape index (κ2) is 5.98. The first-order chi connectivity index (χ1) is 11.2. The molecule has 0 unspecified atom stereocenters. The van der Waals surface area contributed by atoms with Crippen molar-refractivity contribution in [2.75, 3.05) is 13.4 Å². The lowest BCUT2D eigenvalue weighted by molar-refractivity contribution is -0.151. The van der Waals surface area contributed by atoms with Gasteiger partial charge in [0.2, 0.25) is 21.3 Å². The summed E-state index contributed by atoms with van der Waals surface area (Å²) in [7, 11) is -2.39. The Kier molecular flexibility index (Phi) is 4.27. The van der Waals surface area contributed by atoms with E-state index in [-0.39, 0.29) is 11.0 Å². The van der Waals surface area contributed by atoms with Crippen molar-refractivity contribution >= 4 is 38.7 Å². The van der Waals surface area contributed by atoms with E-state index < -0.39 is 21.4 Å². The standard InChI is InChI=1S/C14H13ClN2O5S2/c1-21-12(18)14(5-6-14)22-11-7-8(9-3-4-10(15)23-9)16-13(17-11)24(2,19)20/h3-4,7H,5-6H2,1-2H3. The molecule has 128 valence electrons. The quantitative estimate of drug-likeness (QED) is 0.573. The highest BCUT2D eigenvalue weighted by Gasteiger charge is 2.54. The summed E-state index contributed by atoms with van der Waals surface area (Å²) >= 11 is 7.17. The van der Waals surface area contributed by atoms with E-state index >= 15 is 0 Å². The average molecular weight is 389 g/mol. The van der Waals surface area contributed by atoms with Crippen LogP contribution in [-0.4, -0.2) is 43.3 Å². The van der Waals surface area contributed by atoms with Gasteiger partial charge in [-0.15, -0.1) is 11.3 Å². The van der Waals surface area contributed by atoms with Gasteiger partial charge >= 0.3 is 5.97 Å². The van der Waals surface area contributed by atoms with Gasteiger partial charge in [-0.25, -0.2) is 18.2 Å². The first-order valence-electron chi connectivity index (χ1n) is 6.86. The molecule has 2 aromatic heterocycles. The van der Waals surface area contributed by atoms with Crippen molar-refractivity contribution in [1.82, 2.24) is 9.97 Å². The van der Waals surface area contributed by atoms with Crippen LogP contribution >= 0.6 is 22.9 Å². The molecule has 0 spiro atoms. The van der Waals surface area contributed by atoms with Gasteiger partial charge in [-0.3, -0.25) is 0 Å². The summed E-state index contributed by atoms with van der Waals surface area (Å²) in [5.74, 6) is -0.504. The van der Waals surface area contributed by atoms with E-state index in [1.807, 2.05) is 0 Å². The Bertz CT molecular complexity index is 906. The normalized spacial score (nSPS) is 15.8. The van der Waals surface area contributed by atoms with Crippen molar-refractivity contribution in [3.63, 3.8) is 0 Å². The van der Waals surface area contributed by atoms with Crippen LogP contribution in [0.3, 0.4) is 0 Å². The van der Waals surface area contributed by atoms with Crippen molar-refractivity contribution in [1.29, 1.82) is 0 Å². The fourth-order valence-corrected chi connectivity index (χ4v) is 3.57. The number of aromatic nitrogens is 2. The van der Waals surface area contributed by atoms with Crippen LogP contribution in [0.2, 0.25) is 4.34 Å². The Balaban J connectivity index is 2.04. The number of esters is 1. The number of carbonyl (C=O) groups excluding carboxylic acids is 1. The first kappa shape index (κ1) is 17.1. The summed E-state index contributed by atoms with van der Waals surface area (Å²) in [5, 5.41) is -0.375. The number of carbonyl (C=O) groups is 1.